The van der Waals surface area contributed by atoms with Crippen LogP contribution in [0.1, 0.15) is 58.3 Å². The first-order chi connectivity index (χ1) is 14.9. The fraction of sp³-hybridized carbons (Fsp3) is 0.500. The molecule has 0 saturated carbocycles. The Morgan fingerprint density at radius 1 is 1.12 bits per heavy atom. The van der Waals surface area contributed by atoms with Gasteiger partial charge in [-0.3, -0.25) is 10.1 Å². The smallest absolute Gasteiger partial charge is 0.312 e. The Morgan fingerprint density at radius 2 is 1.81 bits per heavy atom. The maximum absolute atomic E-state index is 11.5. The third kappa shape index (κ3) is 6.44. The summed E-state index contributed by atoms with van der Waals surface area (Å²) in [6, 6.07) is 10.4. The molecule has 0 aliphatic heterocycles. The van der Waals surface area contributed by atoms with Crippen molar-refractivity contribution in [1.82, 2.24) is 0 Å². The summed E-state index contributed by atoms with van der Waals surface area (Å²) in [6.07, 6.45) is 1.26. The van der Waals surface area contributed by atoms with E-state index in [0.29, 0.717) is 9.50 Å². The van der Waals surface area contributed by atoms with Crippen molar-refractivity contribution in [2.45, 2.75) is 64.8 Å². The predicted octanol–water partition coefficient (Wildman–Crippen LogP) is 7.30. The molecule has 1 unspecified atom stereocenters. The Hall–Kier alpha value is -1.67. The molecule has 8 heteroatoms. The minimum absolute atomic E-state index is 0.0873. The molecule has 2 rings (SSSR count). The van der Waals surface area contributed by atoms with Crippen LogP contribution in [0.15, 0.2) is 40.9 Å². The number of hydrogen-bond donors (Lipinski definition) is 0. The fourth-order valence-corrected chi connectivity index (χ4v) is 3.77. The molecular formula is C24H31BrClNO5. The summed E-state index contributed by atoms with van der Waals surface area (Å²) in [5, 5.41) is 12.2. The Kier molecular flexibility index (Phi) is 9.11. The van der Waals surface area contributed by atoms with E-state index in [0.717, 1.165) is 24.0 Å². The van der Waals surface area contributed by atoms with Crippen LogP contribution in [0.2, 0.25) is 5.02 Å². The molecule has 32 heavy (non-hydrogen) atoms. The van der Waals surface area contributed by atoms with Crippen LogP contribution in [0.5, 0.6) is 5.75 Å². The van der Waals surface area contributed by atoms with Gasteiger partial charge in [-0.1, -0.05) is 46.9 Å². The van der Waals surface area contributed by atoms with Gasteiger partial charge in [-0.2, -0.15) is 0 Å². The number of nitrogens with zero attached hydrogens (tertiary/aromatic N) is 1. The van der Waals surface area contributed by atoms with Crippen LogP contribution in [-0.2, 0) is 15.9 Å². The first kappa shape index (κ1) is 26.6. The summed E-state index contributed by atoms with van der Waals surface area (Å²) in [4.78, 5) is 11.0. The number of nitro benzene ring substituents is 1. The SMILES string of the molecule is CCCc1cc(Cl)ccc1C(COc1ccc(Br)cc1[N+](=O)[O-])OC(C)(C)C(C)(C)OC. The summed E-state index contributed by atoms with van der Waals surface area (Å²) in [5.41, 5.74) is 0.608. The standard InChI is InChI=1S/C24H31BrClNO5/c1-7-8-16-13-18(26)10-11-19(16)22(32-24(4,5)23(2,3)30-6)15-31-21-12-9-17(25)14-20(21)27(28)29/h9-14,22H,7-8,15H2,1-6H3. The highest BCUT2D eigenvalue weighted by atomic mass is 79.9. The van der Waals surface area contributed by atoms with Gasteiger partial charge in [0.25, 0.3) is 0 Å². The lowest BCUT2D eigenvalue weighted by Gasteiger charge is -2.42. The number of halogens is 2. The van der Waals surface area contributed by atoms with Crippen molar-refractivity contribution in [3.8, 4) is 5.75 Å². The molecule has 0 fully saturated rings. The number of nitro groups is 1. The Balaban J connectivity index is 2.45. The molecule has 0 aliphatic carbocycles. The molecule has 0 amide bonds. The third-order valence-electron chi connectivity index (χ3n) is 5.88. The quantitative estimate of drug-likeness (QED) is 0.226. The predicted molar refractivity (Wildman–Crippen MR) is 131 cm³/mol. The van der Waals surface area contributed by atoms with E-state index in [-0.39, 0.29) is 18.0 Å². The average Bonchev–Trinajstić information content (AvgIpc) is 2.72. The van der Waals surface area contributed by atoms with Crippen molar-refractivity contribution in [2.75, 3.05) is 13.7 Å². The normalized spacial score (nSPS) is 13.1. The van der Waals surface area contributed by atoms with Crippen molar-refractivity contribution in [3.63, 3.8) is 0 Å². The van der Waals surface area contributed by atoms with Crippen LogP contribution in [0.25, 0.3) is 0 Å². The van der Waals surface area contributed by atoms with Gasteiger partial charge >= 0.3 is 5.69 Å². The highest BCUT2D eigenvalue weighted by molar-refractivity contribution is 9.10. The van der Waals surface area contributed by atoms with Crippen molar-refractivity contribution >= 4 is 33.2 Å². The lowest BCUT2D eigenvalue weighted by Crippen LogP contribution is -2.50. The van der Waals surface area contributed by atoms with E-state index in [4.69, 9.17) is 25.8 Å². The van der Waals surface area contributed by atoms with Crippen LogP contribution in [0.3, 0.4) is 0 Å². The van der Waals surface area contributed by atoms with Gasteiger partial charge in [0, 0.05) is 22.7 Å². The summed E-state index contributed by atoms with van der Waals surface area (Å²) >= 11 is 9.53. The molecule has 0 heterocycles. The zero-order valence-corrected chi connectivity index (χ0v) is 21.7. The Labute approximate surface area is 203 Å². The van der Waals surface area contributed by atoms with E-state index >= 15 is 0 Å². The molecule has 0 bridgehead atoms. The van der Waals surface area contributed by atoms with Gasteiger partial charge in [0.15, 0.2) is 5.75 Å². The van der Waals surface area contributed by atoms with Gasteiger partial charge in [0.1, 0.15) is 12.7 Å². The minimum Gasteiger partial charge on any atom is -0.484 e. The van der Waals surface area contributed by atoms with Crippen molar-refractivity contribution in [2.24, 2.45) is 0 Å². The minimum atomic E-state index is -0.690. The molecule has 0 saturated heterocycles. The second kappa shape index (κ2) is 11.0. The lowest BCUT2D eigenvalue weighted by molar-refractivity contribution is -0.386. The zero-order valence-electron chi connectivity index (χ0n) is 19.4. The molecular weight excluding hydrogens is 498 g/mol. The van der Waals surface area contributed by atoms with Gasteiger partial charge in [-0.25, -0.2) is 0 Å². The number of rotatable bonds is 11. The summed E-state index contributed by atoms with van der Waals surface area (Å²) < 4.78 is 18.8. The molecule has 0 aromatic heterocycles. The largest absolute Gasteiger partial charge is 0.484 e. The summed E-state index contributed by atoms with van der Waals surface area (Å²) in [6.45, 7) is 10.0. The topological polar surface area (TPSA) is 70.8 Å². The van der Waals surface area contributed by atoms with E-state index in [9.17, 15) is 10.1 Å². The molecule has 0 aliphatic rings. The van der Waals surface area contributed by atoms with E-state index in [2.05, 4.69) is 22.9 Å². The Bertz CT molecular complexity index is 948. The molecule has 0 radical (unpaired) electrons. The summed E-state index contributed by atoms with van der Waals surface area (Å²) in [5.74, 6) is 0.182. The van der Waals surface area contributed by atoms with Crippen LogP contribution in [-0.4, -0.2) is 29.8 Å². The van der Waals surface area contributed by atoms with Gasteiger partial charge in [-0.15, -0.1) is 0 Å². The second-order valence-electron chi connectivity index (χ2n) is 8.60. The van der Waals surface area contributed by atoms with Gasteiger partial charge < -0.3 is 14.2 Å². The fourth-order valence-electron chi connectivity index (χ4n) is 3.23. The molecule has 6 nitrogen and oxygen atoms in total. The first-order valence-electron chi connectivity index (χ1n) is 10.5. The highest BCUT2D eigenvalue weighted by Gasteiger charge is 2.41. The average molecular weight is 529 g/mol. The van der Waals surface area contributed by atoms with Gasteiger partial charge in [0.05, 0.1) is 16.1 Å². The van der Waals surface area contributed by atoms with E-state index in [1.165, 1.54) is 6.07 Å². The monoisotopic (exact) mass is 527 g/mol. The number of ether oxygens (including phenoxy) is 3. The van der Waals surface area contributed by atoms with Crippen LogP contribution >= 0.6 is 27.5 Å². The maximum Gasteiger partial charge on any atom is 0.312 e. The lowest BCUT2D eigenvalue weighted by atomic mass is 9.88. The van der Waals surface area contributed by atoms with Crippen LogP contribution < -0.4 is 4.74 Å². The first-order valence-corrected chi connectivity index (χ1v) is 11.7. The number of aryl methyl sites for hydroxylation is 1. The van der Waals surface area contributed by atoms with Gasteiger partial charge in [-0.05, 0) is 69.5 Å². The number of hydrogen-bond acceptors (Lipinski definition) is 5. The summed E-state index contributed by atoms with van der Waals surface area (Å²) in [7, 11) is 1.65. The van der Waals surface area contributed by atoms with Crippen molar-refractivity contribution < 1.29 is 19.1 Å². The van der Waals surface area contributed by atoms with Crippen molar-refractivity contribution in [1.29, 1.82) is 0 Å². The maximum atomic E-state index is 11.5. The highest BCUT2D eigenvalue weighted by Crippen LogP contribution is 2.37. The zero-order chi connectivity index (χ0) is 24.1. The van der Waals surface area contributed by atoms with E-state index in [1.54, 1.807) is 19.2 Å². The Morgan fingerprint density at radius 3 is 2.41 bits per heavy atom. The van der Waals surface area contributed by atoms with E-state index < -0.39 is 22.2 Å². The molecule has 2 aromatic rings. The van der Waals surface area contributed by atoms with Gasteiger partial charge in [0.2, 0.25) is 0 Å². The molecule has 1 atom stereocenters. The second-order valence-corrected chi connectivity index (χ2v) is 9.96. The third-order valence-corrected chi connectivity index (χ3v) is 6.60. The molecule has 2 aromatic carbocycles. The molecule has 0 N–H and O–H groups in total. The molecule has 176 valence electrons. The van der Waals surface area contributed by atoms with Crippen LogP contribution in [0.4, 0.5) is 5.69 Å². The van der Waals surface area contributed by atoms with E-state index in [1.807, 2.05) is 45.9 Å². The number of methoxy groups -OCH3 is 1. The van der Waals surface area contributed by atoms with Crippen LogP contribution in [0, 0.1) is 10.1 Å². The van der Waals surface area contributed by atoms with Crippen molar-refractivity contribution in [3.05, 3.63) is 67.1 Å². The molecule has 0 spiro atoms. The number of benzene rings is 2.